The first kappa shape index (κ1) is 16.3. The third-order valence-electron chi connectivity index (χ3n) is 5.01. The van der Waals surface area contributed by atoms with Gasteiger partial charge in [-0.15, -0.1) is 0 Å². The zero-order chi connectivity index (χ0) is 15.1. The van der Waals surface area contributed by atoms with Gasteiger partial charge in [-0.2, -0.15) is 0 Å². The van der Waals surface area contributed by atoms with Crippen LogP contribution in [0.4, 0.5) is 0 Å². The van der Waals surface area contributed by atoms with Gasteiger partial charge in [-0.25, -0.2) is 0 Å². The number of nitrogens with two attached hydrogens (primary N) is 1. The molecule has 2 N–H and O–H groups in total. The van der Waals surface area contributed by atoms with E-state index in [-0.39, 0.29) is 5.54 Å². The van der Waals surface area contributed by atoms with Crippen LogP contribution >= 0.6 is 0 Å². The average Bonchev–Trinajstić information content (AvgIpc) is 2.54. The summed E-state index contributed by atoms with van der Waals surface area (Å²) in [7, 11) is 0. The molecule has 0 aromatic heterocycles. The lowest BCUT2D eigenvalue weighted by Gasteiger charge is -2.47. The summed E-state index contributed by atoms with van der Waals surface area (Å²) in [5.74, 6) is 1.80. The molecule has 0 amide bonds. The summed E-state index contributed by atoms with van der Waals surface area (Å²) in [5.41, 5.74) is 6.36. The van der Waals surface area contributed by atoms with Gasteiger partial charge in [0.05, 0.1) is 0 Å². The summed E-state index contributed by atoms with van der Waals surface area (Å²) in [6.45, 7) is 8.09. The molecule has 0 atom stereocenters. The third-order valence-corrected chi connectivity index (χ3v) is 5.01. The molecule has 3 heteroatoms. The molecule has 21 heavy (non-hydrogen) atoms. The van der Waals surface area contributed by atoms with Gasteiger partial charge in [0.1, 0.15) is 12.4 Å². The Hall–Kier alpha value is -1.06. The minimum Gasteiger partial charge on any atom is -0.492 e. The van der Waals surface area contributed by atoms with Gasteiger partial charge < -0.3 is 10.5 Å². The molecule has 0 heterocycles. The van der Waals surface area contributed by atoms with Crippen LogP contribution in [0.5, 0.6) is 5.75 Å². The monoisotopic (exact) mass is 290 g/mol. The van der Waals surface area contributed by atoms with Crippen molar-refractivity contribution in [3.63, 3.8) is 0 Å². The summed E-state index contributed by atoms with van der Waals surface area (Å²) in [6, 6.07) is 10.1. The highest BCUT2D eigenvalue weighted by molar-refractivity contribution is 5.20. The third kappa shape index (κ3) is 4.21. The van der Waals surface area contributed by atoms with Crippen LogP contribution in [0.1, 0.15) is 39.5 Å². The van der Waals surface area contributed by atoms with Gasteiger partial charge in [-0.05, 0) is 50.3 Å². The highest BCUT2D eigenvalue weighted by Crippen LogP contribution is 2.35. The molecule has 0 aliphatic heterocycles. The Balaban J connectivity index is 1.89. The number of hydrogen-bond donors (Lipinski definition) is 1. The van der Waals surface area contributed by atoms with Crippen molar-refractivity contribution in [3.8, 4) is 5.75 Å². The lowest BCUT2D eigenvalue weighted by molar-refractivity contribution is 0.0385. The van der Waals surface area contributed by atoms with E-state index in [0.29, 0.717) is 0 Å². The van der Waals surface area contributed by atoms with E-state index in [4.69, 9.17) is 10.5 Å². The van der Waals surface area contributed by atoms with Gasteiger partial charge >= 0.3 is 0 Å². The van der Waals surface area contributed by atoms with Crippen molar-refractivity contribution in [2.24, 2.45) is 11.7 Å². The molecule has 1 saturated carbocycles. The highest BCUT2D eigenvalue weighted by Gasteiger charge is 2.37. The maximum absolute atomic E-state index is 6.16. The Morgan fingerprint density at radius 1 is 1.24 bits per heavy atom. The maximum Gasteiger partial charge on any atom is 0.119 e. The highest BCUT2D eigenvalue weighted by atomic mass is 16.5. The van der Waals surface area contributed by atoms with Gasteiger partial charge in [-0.3, -0.25) is 4.90 Å². The molecule has 0 unspecified atom stereocenters. The summed E-state index contributed by atoms with van der Waals surface area (Å²) >= 11 is 0. The molecule has 1 fully saturated rings. The first-order chi connectivity index (χ1) is 10.2. The van der Waals surface area contributed by atoms with E-state index < -0.39 is 0 Å². The molecule has 1 aliphatic carbocycles. The van der Waals surface area contributed by atoms with E-state index >= 15 is 0 Å². The van der Waals surface area contributed by atoms with Crippen molar-refractivity contribution < 1.29 is 4.74 Å². The molecule has 2 rings (SSSR count). The maximum atomic E-state index is 6.16. The van der Waals surface area contributed by atoms with Crippen LogP contribution in [-0.2, 0) is 0 Å². The fourth-order valence-electron chi connectivity index (χ4n) is 3.47. The number of para-hydroxylation sites is 1. The Bertz CT molecular complexity index is 399. The summed E-state index contributed by atoms with van der Waals surface area (Å²) < 4.78 is 5.86. The lowest BCUT2D eigenvalue weighted by Crippen LogP contribution is -2.56. The molecule has 1 aromatic rings. The van der Waals surface area contributed by atoms with E-state index in [9.17, 15) is 0 Å². The van der Waals surface area contributed by atoms with E-state index in [1.807, 2.05) is 30.3 Å². The van der Waals surface area contributed by atoms with Crippen LogP contribution in [0.3, 0.4) is 0 Å². The van der Waals surface area contributed by atoms with Gasteiger partial charge in [0.15, 0.2) is 0 Å². The SMILES string of the molecule is CCN(CCOc1ccccc1)C1(CN)CCC(C)CC1. The lowest BCUT2D eigenvalue weighted by atomic mass is 9.76. The van der Waals surface area contributed by atoms with Crippen LogP contribution in [0, 0.1) is 5.92 Å². The van der Waals surface area contributed by atoms with E-state index in [0.717, 1.165) is 37.9 Å². The zero-order valence-corrected chi connectivity index (χ0v) is 13.6. The number of benzene rings is 1. The van der Waals surface area contributed by atoms with Crippen molar-refractivity contribution in [2.75, 3.05) is 26.2 Å². The largest absolute Gasteiger partial charge is 0.492 e. The van der Waals surface area contributed by atoms with Crippen LogP contribution in [-0.4, -0.2) is 36.7 Å². The van der Waals surface area contributed by atoms with Crippen LogP contribution in [0.2, 0.25) is 0 Å². The minimum atomic E-state index is 0.196. The number of rotatable bonds is 7. The number of ether oxygens (including phenoxy) is 1. The Kier molecular flexibility index (Phi) is 6.07. The summed E-state index contributed by atoms with van der Waals surface area (Å²) in [5, 5.41) is 0. The topological polar surface area (TPSA) is 38.5 Å². The van der Waals surface area contributed by atoms with Crippen LogP contribution in [0.25, 0.3) is 0 Å². The Labute approximate surface area is 129 Å². The predicted molar refractivity (Wildman–Crippen MR) is 88.6 cm³/mol. The minimum absolute atomic E-state index is 0.196. The summed E-state index contributed by atoms with van der Waals surface area (Å²) in [6.07, 6.45) is 5.05. The van der Waals surface area contributed by atoms with E-state index in [2.05, 4.69) is 18.7 Å². The van der Waals surface area contributed by atoms with Crippen molar-refractivity contribution in [3.05, 3.63) is 30.3 Å². The van der Waals surface area contributed by atoms with Gasteiger partial charge in [-0.1, -0.05) is 32.0 Å². The number of hydrogen-bond acceptors (Lipinski definition) is 3. The molecule has 1 aromatic carbocycles. The molecule has 0 saturated heterocycles. The van der Waals surface area contributed by atoms with E-state index in [1.165, 1.54) is 25.7 Å². The van der Waals surface area contributed by atoms with Gasteiger partial charge in [0.25, 0.3) is 0 Å². The number of nitrogens with zero attached hydrogens (tertiary/aromatic N) is 1. The van der Waals surface area contributed by atoms with Crippen molar-refractivity contribution in [1.29, 1.82) is 0 Å². The Morgan fingerprint density at radius 3 is 2.48 bits per heavy atom. The predicted octanol–water partition coefficient (Wildman–Crippen LogP) is 3.29. The molecular formula is C18H30N2O. The normalized spacial score (nSPS) is 26.0. The quantitative estimate of drug-likeness (QED) is 0.837. The molecule has 1 aliphatic rings. The molecule has 0 radical (unpaired) electrons. The average molecular weight is 290 g/mol. The standard InChI is InChI=1S/C18H30N2O/c1-3-20(13-14-21-17-7-5-4-6-8-17)18(15-19)11-9-16(2)10-12-18/h4-8,16H,3,9-15,19H2,1-2H3. The fourth-order valence-corrected chi connectivity index (χ4v) is 3.47. The van der Waals surface area contributed by atoms with Crippen molar-refractivity contribution in [1.82, 2.24) is 4.90 Å². The number of likely N-dealkylation sites (N-methyl/N-ethyl adjacent to an activating group) is 1. The fraction of sp³-hybridized carbons (Fsp3) is 0.667. The molecule has 0 spiro atoms. The molecule has 3 nitrogen and oxygen atoms in total. The first-order valence-electron chi connectivity index (χ1n) is 8.33. The summed E-state index contributed by atoms with van der Waals surface area (Å²) in [4.78, 5) is 2.54. The molecule has 0 bridgehead atoms. The Morgan fingerprint density at radius 2 is 1.90 bits per heavy atom. The van der Waals surface area contributed by atoms with Crippen LogP contribution < -0.4 is 10.5 Å². The van der Waals surface area contributed by atoms with E-state index in [1.54, 1.807) is 0 Å². The zero-order valence-electron chi connectivity index (χ0n) is 13.6. The molecule has 118 valence electrons. The van der Waals surface area contributed by atoms with Crippen molar-refractivity contribution in [2.45, 2.75) is 45.1 Å². The van der Waals surface area contributed by atoms with Gasteiger partial charge in [0, 0.05) is 18.6 Å². The smallest absolute Gasteiger partial charge is 0.119 e. The first-order valence-corrected chi connectivity index (χ1v) is 8.33. The molecular weight excluding hydrogens is 260 g/mol. The van der Waals surface area contributed by atoms with Gasteiger partial charge in [0.2, 0.25) is 0 Å². The van der Waals surface area contributed by atoms with Crippen molar-refractivity contribution >= 4 is 0 Å². The second-order valence-electron chi connectivity index (χ2n) is 6.35. The van der Waals surface area contributed by atoms with Crippen LogP contribution in [0.15, 0.2) is 30.3 Å². The second-order valence-corrected chi connectivity index (χ2v) is 6.35. The second kappa shape index (κ2) is 7.81.